The average molecular weight is 368 g/mol. The molecule has 0 unspecified atom stereocenters. The molecule has 1 aromatic carbocycles. The van der Waals surface area contributed by atoms with Crippen LogP contribution >= 0.6 is 11.3 Å². The van der Waals surface area contributed by atoms with Gasteiger partial charge in [0.15, 0.2) is 0 Å². The van der Waals surface area contributed by atoms with Crippen LogP contribution in [-0.4, -0.2) is 35.0 Å². The van der Waals surface area contributed by atoms with E-state index < -0.39 is 11.9 Å². The lowest BCUT2D eigenvalue weighted by atomic mass is 10.1. The molecule has 0 aliphatic carbocycles. The van der Waals surface area contributed by atoms with Gasteiger partial charge in [-0.2, -0.15) is 5.10 Å². The SMILES string of the molecule is C=CCN(Cc1cccs1)C(=O)C1=NN(c2ccccc2)[C@@H](C(N)=O)C1. The van der Waals surface area contributed by atoms with E-state index in [0.717, 1.165) is 10.6 Å². The molecule has 2 heterocycles. The van der Waals surface area contributed by atoms with E-state index in [9.17, 15) is 9.59 Å². The van der Waals surface area contributed by atoms with Gasteiger partial charge in [0.1, 0.15) is 11.8 Å². The second-order valence-electron chi connectivity index (χ2n) is 5.90. The number of carbonyl (C=O) groups excluding carboxylic acids is 2. The first-order valence-corrected chi connectivity index (χ1v) is 9.11. The number of hydrazone groups is 1. The second kappa shape index (κ2) is 7.97. The maximum absolute atomic E-state index is 13.0. The minimum atomic E-state index is -0.663. The molecular formula is C19H20N4O2S. The molecule has 0 bridgehead atoms. The average Bonchev–Trinajstić information content (AvgIpc) is 3.31. The van der Waals surface area contributed by atoms with Crippen molar-refractivity contribution >= 4 is 34.6 Å². The Morgan fingerprint density at radius 1 is 1.31 bits per heavy atom. The van der Waals surface area contributed by atoms with Crippen LogP contribution in [-0.2, 0) is 16.1 Å². The van der Waals surface area contributed by atoms with E-state index in [0.29, 0.717) is 18.8 Å². The first kappa shape index (κ1) is 17.9. The molecule has 0 saturated carbocycles. The molecule has 1 aliphatic heterocycles. The van der Waals surface area contributed by atoms with Gasteiger partial charge in [0.05, 0.1) is 12.2 Å². The molecule has 134 valence electrons. The molecule has 1 atom stereocenters. The highest BCUT2D eigenvalue weighted by Crippen LogP contribution is 2.25. The summed E-state index contributed by atoms with van der Waals surface area (Å²) in [5, 5.41) is 7.93. The van der Waals surface area contributed by atoms with Crippen molar-refractivity contribution in [1.29, 1.82) is 0 Å². The molecule has 0 radical (unpaired) electrons. The Hall–Kier alpha value is -2.93. The van der Waals surface area contributed by atoms with Crippen molar-refractivity contribution in [3.05, 3.63) is 65.4 Å². The van der Waals surface area contributed by atoms with Crippen LogP contribution in [0.25, 0.3) is 0 Å². The van der Waals surface area contributed by atoms with Gasteiger partial charge in [-0.1, -0.05) is 30.3 Å². The van der Waals surface area contributed by atoms with E-state index in [4.69, 9.17) is 5.73 Å². The van der Waals surface area contributed by atoms with Crippen LogP contribution in [0, 0.1) is 0 Å². The summed E-state index contributed by atoms with van der Waals surface area (Å²) in [5.41, 5.74) is 6.60. The molecule has 7 heteroatoms. The minimum Gasteiger partial charge on any atom is -0.368 e. The van der Waals surface area contributed by atoms with E-state index in [1.165, 1.54) is 5.01 Å². The molecule has 0 saturated heterocycles. The predicted octanol–water partition coefficient (Wildman–Crippen LogP) is 2.38. The molecule has 2 N–H and O–H groups in total. The highest BCUT2D eigenvalue weighted by molar-refractivity contribution is 7.09. The maximum Gasteiger partial charge on any atom is 0.270 e. The highest BCUT2D eigenvalue weighted by Gasteiger charge is 2.36. The third-order valence-electron chi connectivity index (χ3n) is 4.07. The van der Waals surface area contributed by atoms with E-state index in [1.807, 2.05) is 47.8 Å². The van der Waals surface area contributed by atoms with E-state index in [1.54, 1.807) is 22.3 Å². The van der Waals surface area contributed by atoms with Gasteiger partial charge >= 0.3 is 0 Å². The van der Waals surface area contributed by atoms with Gasteiger partial charge in [0.2, 0.25) is 5.91 Å². The zero-order chi connectivity index (χ0) is 18.5. The summed E-state index contributed by atoms with van der Waals surface area (Å²) in [5.74, 6) is -0.711. The molecule has 3 rings (SSSR count). The monoisotopic (exact) mass is 368 g/mol. The fourth-order valence-electron chi connectivity index (χ4n) is 2.83. The summed E-state index contributed by atoms with van der Waals surface area (Å²) in [6, 6.07) is 12.5. The Bertz CT molecular complexity index is 817. The zero-order valence-corrected chi connectivity index (χ0v) is 15.1. The van der Waals surface area contributed by atoms with Crippen LogP contribution < -0.4 is 10.7 Å². The number of primary amides is 1. The van der Waals surface area contributed by atoms with Gasteiger partial charge < -0.3 is 10.6 Å². The van der Waals surface area contributed by atoms with Crippen LogP contribution in [0.15, 0.2) is 65.6 Å². The summed E-state index contributed by atoms with van der Waals surface area (Å²) >= 11 is 1.59. The molecule has 6 nitrogen and oxygen atoms in total. The number of amides is 2. The van der Waals surface area contributed by atoms with Gasteiger partial charge in [-0.15, -0.1) is 17.9 Å². The largest absolute Gasteiger partial charge is 0.368 e. The Kier molecular flexibility index (Phi) is 5.48. The van der Waals surface area contributed by atoms with Crippen LogP contribution in [0.4, 0.5) is 5.69 Å². The van der Waals surface area contributed by atoms with Crippen LogP contribution in [0.3, 0.4) is 0 Å². The number of benzene rings is 1. The fraction of sp³-hybridized carbons (Fsp3) is 0.211. The minimum absolute atomic E-state index is 0.196. The molecule has 1 aliphatic rings. The van der Waals surface area contributed by atoms with Gasteiger partial charge in [-0.25, -0.2) is 0 Å². The lowest BCUT2D eigenvalue weighted by Gasteiger charge is -2.20. The first-order chi connectivity index (χ1) is 12.6. The highest BCUT2D eigenvalue weighted by atomic mass is 32.1. The van der Waals surface area contributed by atoms with Crippen molar-refractivity contribution in [1.82, 2.24) is 4.90 Å². The third kappa shape index (κ3) is 3.83. The van der Waals surface area contributed by atoms with E-state index in [2.05, 4.69) is 11.7 Å². The van der Waals surface area contributed by atoms with Gasteiger partial charge in [0.25, 0.3) is 5.91 Å². The predicted molar refractivity (Wildman–Crippen MR) is 104 cm³/mol. The second-order valence-corrected chi connectivity index (χ2v) is 6.94. The molecule has 26 heavy (non-hydrogen) atoms. The molecule has 1 aromatic heterocycles. The van der Waals surface area contributed by atoms with Crippen molar-refractivity contribution in [2.75, 3.05) is 11.6 Å². The number of rotatable bonds is 7. The normalized spacial score (nSPS) is 16.2. The fourth-order valence-corrected chi connectivity index (χ4v) is 3.55. The molecule has 0 fully saturated rings. The van der Waals surface area contributed by atoms with Crippen LogP contribution in [0.1, 0.15) is 11.3 Å². The summed E-state index contributed by atoms with van der Waals surface area (Å²) in [7, 11) is 0. The molecule has 2 amide bonds. The summed E-state index contributed by atoms with van der Waals surface area (Å²) in [6.07, 6.45) is 1.88. The lowest BCUT2D eigenvalue weighted by Crippen LogP contribution is -2.40. The van der Waals surface area contributed by atoms with Gasteiger partial charge in [0, 0.05) is 17.8 Å². The maximum atomic E-state index is 13.0. The van der Waals surface area contributed by atoms with E-state index >= 15 is 0 Å². The van der Waals surface area contributed by atoms with Gasteiger partial charge in [-0.3, -0.25) is 14.6 Å². The van der Waals surface area contributed by atoms with E-state index in [-0.39, 0.29) is 12.3 Å². The van der Waals surface area contributed by atoms with Crippen molar-refractivity contribution in [2.45, 2.75) is 19.0 Å². The van der Waals surface area contributed by atoms with Gasteiger partial charge in [-0.05, 0) is 23.6 Å². The number of nitrogens with zero attached hydrogens (tertiary/aromatic N) is 3. The zero-order valence-electron chi connectivity index (χ0n) is 14.2. The van der Waals surface area contributed by atoms with Crippen molar-refractivity contribution < 1.29 is 9.59 Å². The van der Waals surface area contributed by atoms with Crippen LogP contribution in [0.2, 0.25) is 0 Å². The Labute approximate surface area is 156 Å². The summed E-state index contributed by atoms with van der Waals surface area (Å²) in [4.78, 5) is 27.6. The van der Waals surface area contributed by atoms with Crippen molar-refractivity contribution in [3.8, 4) is 0 Å². The number of para-hydroxylation sites is 1. The standard InChI is InChI=1S/C19H20N4O2S/c1-2-10-22(13-15-9-6-11-26-15)19(25)16-12-17(18(20)24)23(21-16)14-7-4-3-5-8-14/h2-9,11,17H,1,10,12-13H2,(H2,20,24)/t17-/m1/s1. The molecular weight excluding hydrogens is 348 g/mol. The number of hydrogen-bond acceptors (Lipinski definition) is 5. The summed E-state index contributed by atoms with van der Waals surface area (Å²) in [6.45, 7) is 4.61. The Morgan fingerprint density at radius 2 is 2.08 bits per heavy atom. The number of thiophene rings is 1. The van der Waals surface area contributed by atoms with Crippen LogP contribution in [0.5, 0.6) is 0 Å². The Balaban J connectivity index is 1.85. The number of hydrogen-bond donors (Lipinski definition) is 1. The quantitative estimate of drug-likeness (QED) is 0.762. The van der Waals surface area contributed by atoms with Crippen molar-refractivity contribution in [2.24, 2.45) is 10.8 Å². The smallest absolute Gasteiger partial charge is 0.270 e. The first-order valence-electron chi connectivity index (χ1n) is 8.23. The number of anilines is 1. The molecule has 2 aromatic rings. The van der Waals surface area contributed by atoms with Crippen molar-refractivity contribution in [3.63, 3.8) is 0 Å². The topological polar surface area (TPSA) is 79.0 Å². The lowest BCUT2D eigenvalue weighted by molar-refractivity contribution is -0.124. The Morgan fingerprint density at radius 3 is 2.69 bits per heavy atom. The molecule has 0 spiro atoms. The summed E-state index contributed by atoms with van der Waals surface area (Å²) < 4.78 is 0. The third-order valence-corrected chi connectivity index (χ3v) is 4.93. The number of nitrogens with two attached hydrogens (primary N) is 1. The number of carbonyl (C=O) groups is 2.